The maximum Gasteiger partial charge on any atom is 0.123 e. The molecular formula is C20H32O. The van der Waals surface area contributed by atoms with Crippen LogP contribution in [-0.4, -0.2) is 6.29 Å². The Morgan fingerprint density at radius 2 is 1.67 bits per heavy atom. The molecule has 4 rings (SSSR count). The Kier molecular flexibility index (Phi) is 3.28. The Labute approximate surface area is 130 Å². The molecule has 4 saturated carbocycles. The lowest BCUT2D eigenvalue weighted by atomic mass is 9.43. The molecule has 0 bridgehead atoms. The van der Waals surface area contributed by atoms with Crippen LogP contribution < -0.4 is 0 Å². The monoisotopic (exact) mass is 288 g/mol. The summed E-state index contributed by atoms with van der Waals surface area (Å²) < 4.78 is 0. The first kappa shape index (κ1) is 14.3. The van der Waals surface area contributed by atoms with Crippen molar-refractivity contribution in [3.8, 4) is 0 Å². The summed E-state index contributed by atoms with van der Waals surface area (Å²) in [6.45, 7) is 5.13. The van der Waals surface area contributed by atoms with E-state index in [1.54, 1.807) is 0 Å². The highest BCUT2D eigenvalue weighted by molar-refractivity contribution is 5.55. The highest BCUT2D eigenvalue weighted by atomic mass is 16.1. The van der Waals surface area contributed by atoms with Gasteiger partial charge in [0.1, 0.15) is 6.29 Å². The molecule has 0 radical (unpaired) electrons. The summed E-state index contributed by atoms with van der Waals surface area (Å²) in [6.07, 6.45) is 15.3. The largest absolute Gasteiger partial charge is 0.303 e. The predicted molar refractivity (Wildman–Crippen MR) is 85.9 cm³/mol. The summed E-state index contributed by atoms with van der Waals surface area (Å²) in [6, 6.07) is 0. The highest BCUT2D eigenvalue weighted by Crippen LogP contribution is 2.67. The second-order valence-corrected chi connectivity index (χ2v) is 9.36. The van der Waals surface area contributed by atoms with Crippen molar-refractivity contribution >= 4 is 6.29 Å². The molecule has 21 heavy (non-hydrogen) atoms. The SMILES string of the molecule is C[C@@]12CCC[C@H]1[C@@H]1C[C@H](C=O)C3CCCC[C@]3(C)[C@H]1CC2. The van der Waals surface area contributed by atoms with E-state index in [2.05, 4.69) is 13.8 Å². The fourth-order valence-electron chi connectivity index (χ4n) is 7.61. The van der Waals surface area contributed by atoms with Gasteiger partial charge < -0.3 is 4.79 Å². The van der Waals surface area contributed by atoms with Crippen LogP contribution in [0.1, 0.15) is 78.1 Å². The molecule has 0 saturated heterocycles. The van der Waals surface area contributed by atoms with Gasteiger partial charge in [0.2, 0.25) is 0 Å². The molecule has 0 aromatic carbocycles. The fourth-order valence-corrected chi connectivity index (χ4v) is 7.61. The summed E-state index contributed by atoms with van der Waals surface area (Å²) >= 11 is 0. The number of hydrogen-bond donors (Lipinski definition) is 0. The van der Waals surface area contributed by atoms with Crippen molar-refractivity contribution in [1.82, 2.24) is 0 Å². The minimum Gasteiger partial charge on any atom is -0.303 e. The molecule has 1 unspecified atom stereocenters. The number of rotatable bonds is 1. The molecule has 4 fully saturated rings. The molecule has 4 aliphatic rings. The van der Waals surface area contributed by atoms with Crippen LogP contribution in [0.15, 0.2) is 0 Å². The molecule has 1 heteroatoms. The van der Waals surface area contributed by atoms with E-state index in [1.807, 2.05) is 0 Å². The van der Waals surface area contributed by atoms with Gasteiger partial charge in [-0.05, 0) is 79.4 Å². The van der Waals surface area contributed by atoms with Crippen LogP contribution >= 0.6 is 0 Å². The lowest BCUT2D eigenvalue weighted by Gasteiger charge is -2.61. The van der Waals surface area contributed by atoms with Crippen molar-refractivity contribution in [3.63, 3.8) is 0 Å². The van der Waals surface area contributed by atoms with E-state index < -0.39 is 0 Å². The molecule has 0 aromatic heterocycles. The molecule has 0 N–H and O–H groups in total. The Morgan fingerprint density at radius 3 is 2.48 bits per heavy atom. The maximum atomic E-state index is 11.8. The zero-order chi connectivity index (χ0) is 14.7. The first-order chi connectivity index (χ1) is 10.1. The first-order valence-corrected chi connectivity index (χ1v) is 9.54. The molecule has 4 aliphatic carbocycles. The molecule has 0 aliphatic heterocycles. The van der Waals surface area contributed by atoms with Gasteiger partial charge in [-0.1, -0.05) is 33.1 Å². The van der Waals surface area contributed by atoms with Gasteiger partial charge in [0.25, 0.3) is 0 Å². The lowest BCUT2D eigenvalue weighted by molar-refractivity contribution is -0.142. The van der Waals surface area contributed by atoms with Crippen molar-refractivity contribution in [2.24, 2.45) is 40.4 Å². The van der Waals surface area contributed by atoms with Gasteiger partial charge in [-0.3, -0.25) is 0 Å². The average molecular weight is 288 g/mol. The maximum absolute atomic E-state index is 11.8. The Morgan fingerprint density at radius 1 is 0.857 bits per heavy atom. The summed E-state index contributed by atoms with van der Waals surface area (Å²) in [5.74, 6) is 3.80. The van der Waals surface area contributed by atoms with Crippen LogP contribution in [0.4, 0.5) is 0 Å². The zero-order valence-electron chi connectivity index (χ0n) is 13.9. The summed E-state index contributed by atoms with van der Waals surface area (Å²) in [5.41, 5.74) is 1.10. The van der Waals surface area contributed by atoms with Crippen LogP contribution in [0.2, 0.25) is 0 Å². The Bertz CT molecular complexity index is 430. The van der Waals surface area contributed by atoms with Gasteiger partial charge in [0, 0.05) is 5.92 Å². The van der Waals surface area contributed by atoms with E-state index >= 15 is 0 Å². The van der Waals surface area contributed by atoms with Gasteiger partial charge in [-0.2, -0.15) is 0 Å². The molecule has 1 nitrogen and oxygen atoms in total. The molecule has 0 spiro atoms. The van der Waals surface area contributed by atoms with Crippen molar-refractivity contribution in [3.05, 3.63) is 0 Å². The molecule has 7 atom stereocenters. The second kappa shape index (κ2) is 4.83. The quantitative estimate of drug-likeness (QED) is 0.603. The van der Waals surface area contributed by atoms with Gasteiger partial charge in [-0.25, -0.2) is 0 Å². The van der Waals surface area contributed by atoms with Crippen LogP contribution in [0.25, 0.3) is 0 Å². The highest BCUT2D eigenvalue weighted by Gasteiger charge is 2.59. The van der Waals surface area contributed by atoms with E-state index in [0.29, 0.717) is 22.7 Å². The zero-order valence-corrected chi connectivity index (χ0v) is 13.9. The minimum atomic E-state index is 0.375. The van der Waals surface area contributed by atoms with E-state index in [4.69, 9.17) is 0 Å². The number of fused-ring (bicyclic) bond motifs is 5. The predicted octanol–water partition coefficient (Wildman–Crippen LogP) is 5.23. The molecule has 118 valence electrons. The van der Waals surface area contributed by atoms with Crippen molar-refractivity contribution in [2.75, 3.05) is 0 Å². The second-order valence-electron chi connectivity index (χ2n) is 9.36. The molecule has 0 amide bonds. The average Bonchev–Trinajstić information content (AvgIpc) is 2.87. The lowest BCUT2D eigenvalue weighted by Crippen LogP contribution is -2.55. The van der Waals surface area contributed by atoms with Crippen molar-refractivity contribution in [1.29, 1.82) is 0 Å². The molecule has 0 heterocycles. The third-order valence-electron chi connectivity index (χ3n) is 8.63. The van der Waals surface area contributed by atoms with E-state index in [0.717, 1.165) is 17.8 Å². The summed E-state index contributed by atoms with van der Waals surface area (Å²) in [4.78, 5) is 11.8. The van der Waals surface area contributed by atoms with Crippen LogP contribution in [0.3, 0.4) is 0 Å². The normalized spacial score (nSPS) is 56.2. The van der Waals surface area contributed by atoms with Crippen LogP contribution in [0.5, 0.6) is 0 Å². The van der Waals surface area contributed by atoms with Crippen LogP contribution in [-0.2, 0) is 4.79 Å². The standard InChI is InChI=1S/C20H32O/c1-19-9-5-7-17(19)15-12-14(13-21)16-6-3-4-10-20(16,2)18(15)8-11-19/h13-18H,3-12H2,1-2H3/t14-,15+,16?,17+,18+,19+,20+/m1/s1. The van der Waals surface area contributed by atoms with Gasteiger partial charge >= 0.3 is 0 Å². The van der Waals surface area contributed by atoms with E-state index in [1.165, 1.54) is 70.5 Å². The molecule has 0 aromatic rings. The third-order valence-corrected chi connectivity index (χ3v) is 8.63. The summed E-state index contributed by atoms with van der Waals surface area (Å²) in [5, 5.41) is 0. The third kappa shape index (κ3) is 1.91. The van der Waals surface area contributed by atoms with Crippen molar-refractivity contribution < 1.29 is 4.79 Å². The minimum absolute atomic E-state index is 0.375. The number of hydrogen-bond acceptors (Lipinski definition) is 1. The topological polar surface area (TPSA) is 17.1 Å². The fraction of sp³-hybridized carbons (Fsp3) is 0.950. The Hall–Kier alpha value is -0.330. The van der Waals surface area contributed by atoms with Gasteiger partial charge in [0.05, 0.1) is 0 Å². The van der Waals surface area contributed by atoms with E-state index in [9.17, 15) is 4.79 Å². The van der Waals surface area contributed by atoms with Gasteiger partial charge in [-0.15, -0.1) is 0 Å². The first-order valence-electron chi connectivity index (χ1n) is 9.54. The summed E-state index contributed by atoms with van der Waals surface area (Å²) in [7, 11) is 0. The number of carbonyl (C=O) groups is 1. The van der Waals surface area contributed by atoms with Crippen molar-refractivity contribution in [2.45, 2.75) is 78.1 Å². The van der Waals surface area contributed by atoms with Crippen LogP contribution in [0, 0.1) is 40.4 Å². The smallest absolute Gasteiger partial charge is 0.123 e. The van der Waals surface area contributed by atoms with Gasteiger partial charge in [0.15, 0.2) is 0 Å². The number of aldehydes is 1. The number of carbonyl (C=O) groups excluding carboxylic acids is 1. The Balaban J connectivity index is 1.70. The molecular weight excluding hydrogens is 256 g/mol. The van der Waals surface area contributed by atoms with E-state index in [-0.39, 0.29) is 0 Å².